The fraction of sp³-hybridized carbons (Fsp3) is 0.889. The van der Waals surface area contributed by atoms with Gasteiger partial charge in [0.25, 0.3) is 0 Å². The van der Waals surface area contributed by atoms with Gasteiger partial charge in [0, 0.05) is 40.3 Å². The molecule has 2 aliphatic rings. The van der Waals surface area contributed by atoms with Crippen LogP contribution in [0.4, 0.5) is 0 Å². The second-order valence-electron chi connectivity index (χ2n) is 7.81. The molecule has 2 amide bonds. The van der Waals surface area contributed by atoms with Gasteiger partial charge < -0.3 is 15.0 Å². The summed E-state index contributed by atoms with van der Waals surface area (Å²) in [5.74, 6) is 0.697. The maximum atomic E-state index is 12.3. The molecule has 1 N–H and O–H groups in total. The van der Waals surface area contributed by atoms with Gasteiger partial charge in [-0.15, -0.1) is 0 Å². The fourth-order valence-corrected chi connectivity index (χ4v) is 3.65. The van der Waals surface area contributed by atoms with Crippen molar-refractivity contribution >= 4 is 11.8 Å². The molecular formula is C18H34N4O3. The maximum absolute atomic E-state index is 12.3. The van der Waals surface area contributed by atoms with Gasteiger partial charge in [0.05, 0.1) is 25.3 Å². The molecule has 7 heteroatoms. The zero-order chi connectivity index (χ0) is 18.4. The molecule has 0 aromatic heterocycles. The van der Waals surface area contributed by atoms with E-state index in [1.165, 1.54) is 0 Å². The zero-order valence-corrected chi connectivity index (χ0v) is 16.2. The van der Waals surface area contributed by atoms with Crippen LogP contribution >= 0.6 is 0 Å². The number of hydrogen-bond donors (Lipinski definition) is 1. The van der Waals surface area contributed by atoms with Crippen molar-refractivity contribution in [3.8, 4) is 0 Å². The monoisotopic (exact) mass is 354 g/mol. The molecule has 7 nitrogen and oxygen atoms in total. The van der Waals surface area contributed by atoms with Gasteiger partial charge in [0.1, 0.15) is 0 Å². The average Bonchev–Trinajstić information content (AvgIpc) is 2.99. The Bertz CT molecular complexity index is 456. The molecule has 0 aliphatic carbocycles. The smallest absolute Gasteiger partial charge is 0.239 e. The van der Waals surface area contributed by atoms with Gasteiger partial charge in [-0.1, -0.05) is 13.8 Å². The minimum atomic E-state index is -0.159. The topological polar surface area (TPSA) is 65.1 Å². The predicted octanol–water partition coefficient (Wildman–Crippen LogP) is 0.0120. The molecule has 2 fully saturated rings. The van der Waals surface area contributed by atoms with E-state index in [1.54, 1.807) is 19.0 Å². The predicted molar refractivity (Wildman–Crippen MR) is 97.3 cm³/mol. The Hall–Kier alpha value is -1.18. The van der Waals surface area contributed by atoms with Gasteiger partial charge in [-0.2, -0.15) is 0 Å². The van der Waals surface area contributed by atoms with Crippen molar-refractivity contribution < 1.29 is 14.3 Å². The number of likely N-dealkylation sites (N-methyl/N-ethyl adjacent to an activating group) is 1. The number of carbonyl (C=O) groups is 2. The number of amides is 2. The lowest BCUT2D eigenvalue weighted by molar-refractivity contribution is -0.134. The number of likely N-dealkylation sites (tertiary alicyclic amines) is 1. The van der Waals surface area contributed by atoms with Gasteiger partial charge in [-0.25, -0.2) is 0 Å². The first-order valence-electron chi connectivity index (χ1n) is 9.42. The first kappa shape index (κ1) is 20.1. The van der Waals surface area contributed by atoms with E-state index in [0.717, 1.165) is 45.6 Å². The summed E-state index contributed by atoms with van der Waals surface area (Å²) >= 11 is 0. The van der Waals surface area contributed by atoms with Crippen LogP contribution in [0.25, 0.3) is 0 Å². The van der Waals surface area contributed by atoms with Crippen molar-refractivity contribution in [3.05, 3.63) is 0 Å². The molecule has 0 aromatic rings. The lowest BCUT2D eigenvalue weighted by atomic mass is 10.2. The Labute approximate surface area is 151 Å². The Balaban J connectivity index is 1.74. The molecular weight excluding hydrogens is 320 g/mol. The Morgan fingerprint density at radius 2 is 2.04 bits per heavy atom. The van der Waals surface area contributed by atoms with Crippen molar-refractivity contribution in [1.82, 2.24) is 20.0 Å². The van der Waals surface area contributed by atoms with Crippen LogP contribution in [0.1, 0.15) is 26.7 Å². The van der Waals surface area contributed by atoms with Gasteiger partial charge in [0.15, 0.2) is 0 Å². The molecule has 2 heterocycles. The first-order valence-corrected chi connectivity index (χ1v) is 9.42. The highest BCUT2D eigenvalue weighted by Crippen LogP contribution is 2.18. The second-order valence-corrected chi connectivity index (χ2v) is 7.81. The Morgan fingerprint density at radius 1 is 1.28 bits per heavy atom. The van der Waals surface area contributed by atoms with Gasteiger partial charge in [-0.3, -0.25) is 19.4 Å². The quantitative estimate of drug-likeness (QED) is 0.698. The average molecular weight is 354 g/mol. The van der Waals surface area contributed by atoms with Crippen LogP contribution in [0, 0.1) is 5.92 Å². The van der Waals surface area contributed by atoms with Crippen LogP contribution in [0.5, 0.6) is 0 Å². The van der Waals surface area contributed by atoms with Crippen LogP contribution < -0.4 is 5.32 Å². The summed E-state index contributed by atoms with van der Waals surface area (Å²) < 4.78 is 5.77. The van der Waals surface area contributed by atoms with Crippen LogP contribution in [-0.4, -0.2) is 98.6 Å². The number of nitrogens with zero attached hydrogens (tertiary/aromatic N) is 3. The largest absolute Gasteiger partial charge is 0.374 e. The van der Waals surface area contributed by atoms with E-state index in [4.69, 9.17) is 4.74 Å². The number of rotatable bonds is 7. The normalized spacial score (nSPS) is 25.3. The molecule has 0 bridgehead atoms. The SMILES string of the molecule is CC(C)CN1CCOC(CNC(=O)CN2CCCC2C(=O)N(C)C)C1. The van der Waals surface area contributed by atoms with Crippen LogP contribution in [-0.2, 0) is 14.3 Å². The summed E-state index contributed by atoms with van der Waals surface area (Å²) in [5.41, 5.74) is 0. The molecule has 0 spiro atoms. The van der Waals surface area contributed by atoms with Crippen molar-refractivity contribution in [3.63, 3.8) is 0 Å². The molecule has 2 atom stereocenters. The Kier molecular flexibility index (Phi) is 7.65. The maximum Gasteiger partial charge on any atom is 0.239 e. The first-order chi connectivity index (χ1) is 11.9. The number of carbonyl (C=O) groups excluding carboxylic acids is 2. The fourth-order valence-electron chi connectivity index (χ4n) is 3.65. The third kappa shape index (κ3) is 6.24. The van der Waals surface area contributed by atoms with Gasteiger partial charge in [0.2, 0.25) is 11.8 Å². The lowest BCUT2D eigenvalue weighted by Crippen LogP contribution is -2.50. The standard InChI is InChI=1S/C18H34N4O3/c1-14(2)11-21-8-9-25-15(12-21)10-19-17(23)13-22-7-5-6-16(22)18(24)20(3)4/h14-16H,5-13H2,1-4H3,(H,19,23). The van der Waals surface area contributed by atoms with E-state index in [2.05, 4.69) is 24.1 Å². The Morgan fingerprint density at radius 3 is 2.72 bits per heavy atom. The minimum absolute atomic E-state index is 0.0250. The van der Waals surface area contributed by atoms with E-state index in [9.17, 15) is 9.59 Å². The third-order valence-electron chi connectivity index (χ3n) is 4.81. The van der Waals surface area contributed by atoms with Crippen molar-refractivity contribution in [2.45, 2.75) is 38.8 Å². The minimum Gasteiger partial charge on any atom is -0.374 e. The van der Waals surface area contributed by atoms with Crippen LogP contribution in [0.15, 0.2) is 0 Å². The van der Waals surface area contributed by atoms with E-state index < -0.39 is 0 Å². The second kappa shape index (κ2) is 9.50. The summed E-state index contributed by atoms with van der Waals surface area (Å²) in [6.07, 6.45) is 1.85. The highest BCUT2D eigenvalue weighted by molar-refractivity contribution is 5.83. The summed E-state index contributed by atoms with van der Waals surface area (Å²) in [5, 5.41) is 2.98. The van der Waals surface area contributed by atoms with Crippen molar-refractivity contribution in [2.24, 2.45) is 5.92 Å². The molecule has 0 aromatic carbocycles. The molecule has 144 valence electrons. The number of morpholine rings is 1. The molecule has 2 aliphatic heterocycles. The van der Waals surface area contributed by atoms with Crippen LogP contribution in [0.2, 0.25) is 0 Å². The van der Waals surface area contributed by atoms with Crippen molar-refractivity contribution in [1.29, 1.82) is 0 Å². The molecule has 25 heavy (non-hydrogen) atoms. The number of nitrogens with one attached hydrogen (secondary N) is 1. The summed E-state index contributed by atoms with van der Waals surface area (Å²) in [4.78, 5) is 30.5. The zero-order valence-electron chi connectivity index (χ0n) is 16.2. The summed E-state index contributed by atoms with van der Waals surface area (Å²) in [6.45, 7) is 9.67. The van der Waals surface area contributed by atoms with E-state index in [-0.39, 0.29) is 30.5 Å². The summed E-state index contributed by atoms with van der Waals surface area (Å²) in [6, 6.07) is -0.159. The van der Waals surface area contributed by atoms with Gasteiger partial charge >= 0.3 is 0 Å². The lowest BCUT2D eigenvalue weighted by Gasteiger charge is -2.34. The highest BCUT2D eigenvalue weighted by atomic mass is 16.5. The van der Waals surface area contributed by atoms with E-state index in [0.29, 0.717) is 12.5 Å². The highest BCUT2D eigenvalue weighted by Gasteiger charge is 2.32. The number of ether oxygens (including phenoxy) is 1. The molecule has 2 saturated heterocycles. The van der Waals surface area contributed by atoms with E-state index >= 15 is 0 Å². The van der Waals surface area contributed by atoms with Crippen LogP contribution in [0.3, 0.4) is 0 Å². The number of hydrogen-bond acceptors (Lipinski definition) is 5. The molecule has 0 radical (unpaired) electrons. The molecule has 0 saturated carbocycles. The molecule has 2 rings (SSSR count). The third-order valence-corrected chi connectivity index (χ3v) is 4.81. The van der Waals surface area contributed by atoms with Crippen molar-refractivity contribution in [2.75, 3.05) is 60.0 Å². The van der Waals surface area contributed by atoms with Gasteiger partial charge in [-0.05, 0) is 25.3 Å². The van der Waals surface area contributed by atoms with E-state index in [1.807, 2.05) is 4.90 Å². The summed E-state index contributed by atoms with van der Waals surface area (Å²) in [7, 11) is 3.53. The molecule has 2 unspecified atom stereocenters.